The second kappa shape index (κ2) is 6.59. The number of isocyanates is 1. The third-order valence-corrected chi connectivity index (χ3v) is 3.11. The lowest BCUT2D eigenvalue weighted by molar-refractivity contribution is -0.136. The minimum atomic E-state index is -0.230. The lowest BCUT2D eigenvalue weighted by atomic mass is 10.1. The Morgan fingerprint density at radius 2 is 1.65 bits per heavy atom. The lowest BCUT2D eigenvalue weighted by Crippen LogP contribution is -2.30. The van der Waals surface area contributed by atoms with E-state index in [1.165, 1.54) is 23.1 Å². The van der Waals surface area contributed by atoms with Crippen molar-refractivity contribution in [2.45, 2.75) is 19.3 Å². The number of aryl methyl sites for hydroxylation is 1. The van der Waals surface area contributed by atoms with Crippen LogP contribution in [0.2, 0.25) is 0 Å². The molecule has 0 saturated carbocycles. The van der Waals surface area contributed by atoms with Gasteiger partial charge in [0.25, 0.3) is 11.8 Å². The van der Waals surface area contributed by atoms with Gasteiger partial charge in [-0.2, -0.15) is 4.99 Å². The number of carbonyl (C=O) groups is 2. The van der Waals surface area contributed by atoms with E-state index in [2.05, 4.69) is 4.99 Å². The summed E-state index contributed by atoms with van der Waals surface area (Å²) < 4.78 is 0. The number of carbonyl (C=O) groups excluding carboxylic acids is 3. The summed E-state index contributed by atoms with van der Waals surface area (Å²) in [4.78, 5) is 37.5. The van der Waals surface area contributed by atoms with E-state index < -0.39 is 0 Å². The Labute approximate surface area is 116 Å². The molecule has 0 N–H and O–H groups in total. The van der Waals surface area contributed by atoms with Gasteiger partial charge >= 0.3 is 0 Å². The second-order valence-electron chi connectivity index (χ2n) is 4.49. The Balaban J connectivity index is 1.74. The van der Waals surface area contributed by atoms with Crippen LogP contribution < -0.4 is 0 Å². The molecule has 2 amide bonds. The largest absolute Gasteiger partial charge is 0.275 e. The number of hydrogen-bond acceptors (Lipinski definition) is 4. The molecular weight excluding hydrogens is 256 g/mol. The fourth-order valence-corrected chi connectivity index (χ4v) is 2.04. The maximum atomic E-state index is 11.3. The van der Waals surface area contributed by atoms with Gasteiger partial charge in [-0.15, -0.1) is 0 Å². The van der Waals surface area contributed by atoms with Crippen LogP contribution in [-0.4, -0.2) is 29.3 Å². The van der Waals surface area contributed by atoms with Crippen LogP contribution >= 0.6 is 0 Å². The highest BCUT2D eigenvalue weighted by molar-refractivity contribution is 6.12. The average Bonchev–Trinajstić information content (AvgIpc) is 2.77. The molecule has 0 aromatic heterocycles. The van der Waals surface area contributed by atoms with Gasteiger partial charge in [-0.3, -0.25) is 14.5 Å². The molecule has 5 heteroatoms. The summed E-state index contributed by atoms with van der Waals surface area (Å²) in [6.07, 6.45) is 6.60. The Morgan fingerprint density at radius 3 is 2.25 bits per heavy atom. The van der Waals surface area contributed by atoms with Crippen molar-refractivity contribution in [1.29, 1.82) is 0 Å². The molecule has 1 aliphatic heterocycles. The first-order valence-corrected chi connectivity index (χ1v) is 6.41. The van der Waals surface area contributed by atoms with E-state index in [0.717, 1.165) is 24.8 Å². The van der Waals surface area contributed by atoms with Gasteiger partial charge in [-0.25, -0.2) is 4.79 Å². The molecule has 1 aliphatic rings. The number of aliphatic imine (C=N–C) groups is 1. The maximum Gasteiger partial charge on any atom is 0.253 e. The van der Waals surface area contributed by atoms with Gasteiger partial charge in [0.15, 0.2) is 0 Å². The van der Waals surface area contributed by atoms with Gasteiger partial charge in [0.05, 0.1) is 5.69 Å². The minimum absolute atomic E-state index is 0.230. The van der Waals surface area contributed by atoms with Crippen molar-refractivity contribution in [3.05, 3.63) is 42.0 Å². The molecular formula is C15H14N2O3. The third-order valence-electron chi connectivity index (χ3n) is 3.11. The van der Waals surface area contributed by atoms with Crippen LogP contribution in [-0.2, 0) is 20.8 Å². The Kier molecular flexibility index (Phi) is 4.58. The SMILES string of the molecule is O=C=Nc1ccc(CCCCN2C(=O)C=CC2=O)cc1. The number of benzene rings is 1. The molecule has 0 aliphatic carbocycles. The molecule has 0 bridgehead atoms. The second-order valence-corrected chi connectivity index (χ2v) is 4.49. The molecule has 0 atom stereocenters. The smallest absolute Gasteiger partial charge is 0.253 e. The number of amides is 2. The molecule has 0 spiro atoms. The van der Waals surface area contributed by atoms with Crippen molar-refractivity contribution in [2.75, 3.05) is 6.54 Å². The van der Waals surface area contributed by atoms with E-state index >= 15 is 0 Å². The van der Waals surface area contributed by atoms with Crippen LogP contribution in [0.4, 0.5) is 5.69 Å². The summed E-state index contributed by atoms with van der Waals surface area (Å²) in [5, 5.41) is 0. The highest BCUT2D eigenvalue weighted by Crippen LogP contribution is 2.14. The molecule has 1 aromatic carbocycles. The molecule has 102 valence electrons. The summed E-state index contributed by atoms with van der Waals surface area (Å²) in [6.45, 7) is 0.457. The predicted octanol–water partition coefficient (Wildman–Crippen LogP) is 1.90. The molecule has 2 rings (SSSR count). The maximum absolute atomic E-state index is 11.3. The molecule has 1 aromatic rings. The normalized spacial score (nSPS) is 13.7. The van der Waals surface area contributed by atoms with Crippen molar-refractivity contribution in [3.63, 3.8) is 0 Å². The topological polar surface area (TPSA) is 66.8 Å². The number of hydrogen-bond donors (Lipinski definition) is 0. The van der Waals surface area contributed by atoms with Gasteiger partial charge in [0, 0.05) is 18.7 Å². The van der Waals surface area contributed by atoms with Crippen molar-refractivity contribution in [2.24, 2.45) is 4.99 Å². The van der Waals surface area contributed by atoms with E-state index in [-0.39, 0.29) is 11.8 Å². The standard InChI is InChI=1S/C15H14N2O3/c18-11-16-13-6-4-12(5-7-13)3-1-2-10-17-14(19)8-9-15(17)20/h4-9H,1-3,10H2. The van der Waals surface area contributed by atoms with E-state index in [4.69, 9.17) is 0 Å². The first-order valence-electron chi connectivity index (χ1n) is 6.41. The zero-order valence-corrected chi connectivity index (χ0v) is 10.9. The molecule has 0 saturated heterocycles. The van der Waals surface area contributed by atoms with Crippen molar-refractivity contribution in [3.8, 4) is 0 Å². The van der Waals surface area contributed by atoms with Gasteiger partial charge < -0.3 is 0 Å². The molecule has 20 heavy (non-hydrogen) atoms. The Hall–Kier alpha value is -2.52. The first-order chi connectivity index (χ1) is 9.70. The summed E-state index contributed by atoms with van der Waals surface area (Å²) >= 11 is 0. The zero-order chi connectivity index (χ0) is 14.4. The van der Waals surface area contributed by atoms with E-state index in [0.29, 0.717) is 12.2 Å². The van der Waals surface area contributed by atoms with Crippen LogP contribution in [0.15, 0.2) is 41.4 Å². The van der Waals surface area contributed by atoms with Crippen LogP contribution in [0.1, 0.15) is 18.4 Å². The first kappa shape index (κ1) is 13.9. The number of unbranched alkanes of at least 4 members (excludes halogenated alkanes) is 1. The van der Waals surface area contributed by atoms with Crippen LogP contribution in [0, 0.1) is 0 Å². The van der Waals surface area contributed by atoms with Crippen molar-refractivity contribution < 1.29 is 14.4 Å². The summed E-state index contributed by atoms with van der Waals surface area (Å²) in [7, 11) is 0. The summed E-state index contributed by atoms with van der Waals surface area (Å²) in [6, 6.07) is 7.34. The van der Waals surface area contributed by atoms with Crippen LogP contribution in [0.25, 0.3) is 0 Å². The number of imide groups is 1. The third kappa shape index (κ3) is 3.49. The summed E-state index contributed by atoms with van der Waals surface area (Å²) in [5.74, 6) is -0.461. The lowest BCUT2D eigenvalue weighted by Gasteiger charge is -2.13. The highest BCUT2D eigenvalue weighted by Gasteiger charge is 2.22. The van der Waals surface area contributed by atoms with Gasteiger partial charge in [-0.05, 0) is 37.0 Å². The van der Waals surface area contributed by atoms with E-state index in [1.807, 2.05) is 12.1 Å². The zero-order valence-electron chi connectivity index (χ0n) is 10.9. The average molecular weight is 270 g/mol. The molecule has 1 heterocycles. The molecule has 0 unspecified atom stereocenters. The fraction of sp³-hybridized carbons (Fsp3) is 0.267. The fourth-order valence-electron chi connectivity index (χ4n) is 2.04. The number of nitrogens with zero attached hydrogens (tertiary/aromatic N) is 2. The van der Waals surface area contributed by atoms with Gasteiger partial charge in [0.1, 0.15) is 0 Å². The molecule has 5 nitrogen and oxygen atoms in total. The quantitative estimate of drug-likeness (QED) is 0.343. The van der Waals surface area contributed by atoms with Crippen molar-refractivity contribution in [1.82, 2.24) is 4.90 Å². The Bertz CT molecular complexity index is 566. The predicted molar refractivity (Wildman–Crippen MR) is 73.0 cm³/mol. The Morgan fingerprint density at radius 1 is 1.00 bits per heavy atom. The van der Waals surface area contributed by atoms with Gasteiger partial charge in [-0.1, -0.05) is 12.1 Å². The minimum Gasteiger partial charge on any atom is -0.275 e. The van der Waals surface area contributed by atoms with Crippen LogP contribution in [0.3, 0.4) is 0 Å². The van der Waals surface area contributed by atoms with Crippen LogP contribution in [0.5, 0.6) is 0 Å². The van der Waals surface area contributed by atoms with Crippen molar-refractivity contribution >= 4 is 23.6 Å². The summed E-state index contributed by atoms with van der Waals surface area (Å²) in [5.41, 5.74) is 1.72. The van der Waals surface area contributed by atoms with Gasteiger partial charge in [0.2, 0.25) is 6.08 Å². The van der Waals surface area contributed by atoms with E-state index in [9.17, 15) is 14.4 Å². The molecule has 0 fully saturated rings. The highest BCUT2D eigenvalue weighted by atomic mass is 16.2. The molecule has 0 radical (unpaired) electrons. The van der Waals surface area contributed by atoms with E-state index in [1.54, 1.807) is 12.1 Å². The number of rotatable bonds is 6. The monoisotopic (exact) mass is 270 g/mol.